The van der Waals surface area contributed by atoms with Gasteiger partial charge >= 0.3 is 6.09 Å². The van der Waals surface area contributed by atoms with E-state index in [1.807, 2.05) is 0 Å². The van der Waals surface area contributed by atoms with E-state index in [0.717, 1.165) is 0 Å². The van der Waals surface area contributed by atoms with Crippen molar-refractivity contribution in [3.63, 3.8) is 0 Å². The summed E-state index contributed by atoms with van der Waals surface area (Å²) in [7, 11) is 0. The van der Waals surface area contributed by atoms with Crippen molar-refractivity contribution in [1.82, 2.24) is 14.9 Å². The van der Waals surface area contributed by atoms with Gasteiger partial charge in [-0.15, -0.1) is 0 Å². The molecule has 0 bridgehead atoms. The molecule has 9 heteroatoms. The van der Waals surface area contributed by atoms with Crippen LogP contribution in [0.15, 0.2) is 12.5 Å². The molecule has 0 aromatic carbocycles. The third kappa shape index (κ3) is 5.92. The van der Waals surface area contributed by atoms with Gasteiger partial charge in [0.2, 0.25) is 11.8 Å². The van der Waals surface area contributed by atoms with Crippen molar-refractivity contribution in [2.75, 3.05) is 6.54 Å². The molecule has 0 radical (unpaired) electrons. The molecule has 2 amide bonds. The van der Waals surface area contributed by atoms with Crippen LogP contribution in [-0.2, 0) is 20.7 Å². The zero-order chi connectivity index (χ0) is 16.9. The topological polar surface area (TPSA) is 142 Å². The highest BCUT2D eigenvalue weighted by Crippen LogP contribution is 2.09. The van der Waals surface area contributed by atoms with E-state index >= 15 is 0 Å². The van der Waals surface area contributed by atoms with E-state index in [1.165, 1.54) is 17.1 Å². The Hall–Kier alpha value is -2.42. The summed E-state index contributed by atoms with van der Waals surface area (Å²) < 4.78 is 6.35. The Morgan fingerprint density at radius 3 is 2.59 bits per heavy atom. The molecule has 22 heavy (non-hydrogen) atoms. The fraction of sp³-hybridized carbons (Fsp3) is 0.538. The van der Waals surface area contributed by atoms with Crippen molar-refractivity contribution in [1.29, 1.82) is 0 Å². The zero-order valence-electron chi connectivity index (χ0n) is 12.8. The van der Waals surface area contributed by atoms with Crippen LogP contribution in [-0.4, -0.2) is 45.6 Å². The molecule has 122 valence electrons. The van der Waals surface area contributed by atoms with Gasteiger partial charge in [0.15, 0.2) is 0 Å². The fourth-order valence-corrected chi connectivity index (χ4v) is 1.51. The minimum absolute atomic E-state index is 0.112. The van der Waals surface area contributed by atoms with Crippen molar-refractivity contribution in [3.8, 4) is 0 Å². The Kier molecular flexibility index (Phi) is 5.63. The molecule has 0 saturated carbocycles. The van der Waals surface area contributed by atoms with Crippen LogP contribution >= 0.6 is 0 Å². The number of primary amides is 1. The van der Waals surface area contributed by atoms with Gasteiger partial charge in [-0.1, -0.05) is 0 Å². The fourth-order valence-electron chi connectivity index (χ4n) is 1.51. The molecule has 0 aliphatic rings. The zero-order valence-corrected chi connectivity index (χ0v) is 12.8. The third-order valence-electron chi connectivity index (χ3n) is 2.44. The van der Waals surface area contributed by atoms with Gasteiger partial charge in [0.05, 0.1) is 18.3 Å². The third-order valence-corrected chi connectivity index (χ3v) is 2.44. The molecule has 0 aliphatic carbocycles. The molecule has 1 rings (SSSR count). The summed E-state index contributed by atoms with van der Waals surface area (Å²) in [6.45, 7) is 4.98. The van der Waals surface area contributed by atoms with Crippen LogP contribution in [0.25, 0.3) is 0 Å². The highest BCUT2D eigenvalue weighted by molar-refractivity contribution is 5.86. The molecule has 0 spiro atoms. The summed E-state index contributed by atoms with van der Waals surface area (Å²) in [4.78, 5) is 38.0. The molecule has 1 unspecified atom stereocenters. The summed E-state index contributed by atoms with van der Waals surface area (Å²) in [5.74, 6) is -1.18. The first-order valence-electron chi connectivity index (χ1n) is 6.66. The van der Waals surface area contributed by atoms with E-state index in [4.69, 9.17) is 16.2 Å². The number of nitrogens with two attached hydrogens (primary N) is 2. The van der Waals surface area contributed by atoms with Crippen LogP contribution in [0.5, 0.6) is 0 Å². The first-order valence-corrected chi connectivity index (χ1v) is 6.66. The SMILES string of the molecule is CC(C)(C)OC(=O)n1cnc(CC(N)C(=O)NCC(N)=O)c1. The van der Waals surface area contributed by atoms with Gasteiger partial charge in [-0.25, -0.2) is 14.3 Å². The summed E-state index contributed by atoms with van der Waals surface area (Å²) in [5.41, 5.74) is 10.4. The quantitative estimate of drug-likeness (QED) is 0.645. The molecule has 0 saturated heterocycles. The van der Waals surface area contributed by atoms with Crippen molar-refractivity contribution >= 4 is 17.9 Å². The predicted molar refractivity (Wildman–Crippen MR) is 77.7 cm³/mol. The Balaban J connectivity index is 2.59. The second-order valence-electron chi connectivity index (χ2n) is 5.75. The molecule has 1 heterocycles. The number of imidazole rings is 1. The van der Waals surface area contributed by atoms with E-state index in [1.54, 1.807) is 20.8 Å². The second kappa shape index (κ2) is 7.03. The number of hydrogen-bond acceptors (Lipinski definition) is 6. The molecular formula is C13H21N5O4. The molecule has 1 aromatic rings. The van der Waals surface area contributed by atoms with E-state index in [9.17, 15) is 14.4 Å². The number of aromatic nitrogens is 2. The monoisotopic (exact) mass is 311 g/mol. The van der Waals surface area contributed by atoms with E-state index < -0.39 is 29.6 Å². The standard InChI is InChI=1S/C13H21N5O4/c1-13(2,3)22-12(21)18-6-8(17-7-18)4-9(14)11(20)16-5-10(15)19/h6-7,9H,4-5,14H2,1-3H3,(H2,15,19)(H,16,20). The van der Waals surface area contributed by atoms with Gasteiger partial charge in [-0.05, 0) is 20.8 Å². The summed E-state index contributed by atoms with van der Waals surface area (Å²) >= 11 is 0. The number of nitrogens with one attached hydrogen (secondary N) is 1. The number of amides is 2. The van der Waals surface area contributed by atoms with Crippen LogP contribution in [0, 0.1) is 0 Å². The number of carbonyl (C=O) groups is 3. The molecule has 9 nitrogen and oxygen atoms in total. The molecule has 1 aromatic heterocycles. The number of rotatable bonds is 5. The average molecular weight is 311 g/mol. The highest BCUT2D eigenvalue weighted by atomic mass is 16.6. The van der Waals surface area contributed by atoms with Crippen LogP contribution in [0.2, 0.25) is 0 Å². The van der Waals surface area contributed by atoms with Gasteiger partial charge < -0.3 is 21.5 Å². The first-order chi connectivity index (χ1) is 10.1. The first kappa shape index (κ1) is 17.6. The Bertz CT molecular complexity index is 561. The lowest BCUT2D eigenvalue weighted by Crippen LogP contribution is -2.45. The highest BCUT2D eigenvalue weighted by Gasteiger charge is 2.20. The van der Waals surface area contributed by atoms with Gasteiger partial charge in [-0.2, -0.15) is 0 Å². The lowest BCUT2D eigenvalue weighted by atomic mass is 10.1. The lowest BCUT2D eigenvalue weighted by molar-refractivity contribution is -0.125. The largest absolute Gasteiger partial charge is 0.443 e. The number of hydrogen-bond donors (Lipinski definition) is 3. The molecular weight excluding hydrogens is 290 g/mol. The minimum Gasteiger partial charge on any atom is -0.443 e. The van der Waals surface area contributed by atoms with Gasteiger partial charge in [0.1, 0.15) is 11.9 Å². The predicted octanol–water partition coefficient (Wildman–Crippen LogP) is -0.862. The average Bonchev–Trinajstić information content (AvgIpc) is 2.82. The van der Waals surface area contributed by atoms with Crippen molar-refractivity contribution < 1.29 is 19.1 Å². The maximum Gasteiger partial charge on any atom is 0.419 e. The lowest BCUT2D eigenvalue weighted by Gasteiger charge is -2.19. The number of carbonyl (C=O) groups excluding carboxylic acids is 3. The maximum absolute atomic E-state index is 11.8. The van der Waals surface area contributed by atoms with Gasteiger partial charge in [0, 0.05) is 12.6 Å². The van der Waals surface area contributed by atoms with E-state index in [-0.39, 0.29) is 13.0 Å². The summed E-state index contributed by atoms with van der Waals surface area (Å²) in [6, 6.07) is -0.902. The Morgan fingerprint density at radius 1 is 1.41 bits per heavy atom. The van der Waals surface area contributed by atoms with Crippen LogP contribution in [0.3, 0.4) is 0 Å². The smallest absolute Gasteiger partial charge is 0.419 e. The van der Waals surface area contributed by atoms with Crippen molar-refractivity contribution in [3.05, 3.63) is 18.2 Å². The van der Waals surface area contributed by atoms with Crippen molar-refractivity contribution in [2.24, 2.45) is 11.5 Å². The van der Waals surface area contributed by atoms with Crippen molar-refractivity contribution in [2.45, 2.75) is 38.8 Å². The van der Waals surface area contributed by atoms with E-state index in [0.29, 0.717) is 5.69 Å². The molecule has 5 N–H and O–H groups in total. The number of ether oxygens (including phenoxy) is 1. The van der Waals surface area contributed by atoms with Crippen LogP contribution in [0.1, 0.15) is 26.5 Å². The van der Waals surface area contributed by atoms with Gasteiger partial charge in [0.25, 0.3) is 0 Å². The maximum atomic E-state index is 11.8. The minimum atomic E-state index is -0.902. The van der Waals surface area contributed by atoms with E-state index in [2.05, 4.69) is 10.3 Å². The second-order valence-corrected chi connectivity index (χ2v) is 5.75. The van der Waals surface area contributed by atoms with Gasteiger partial charge in [-0.3, -0.25) is 9.59 Å². The molecule has 0 aliphatic heterocycles. The summed E-state index contributed by atoms with van der Waals surface area (Å²) in [6.07, 6.45) is 2.27. The molecule has 1 atom stereocenters. The van der Waals surface area contributed by atoms with Crippen LogP contribution < -0.4 is 16.8 Å². The van der Waals surface area contributed by atoms with Crippen LogP contribution in [0.4, 0.5) is 4.79 Å². The number of nitrogens with zero attached hydrogens (tertiary/aromatic N) is 2. The molecule has 0 fully saturated rings. The Morgan fingerprint density at radius 2 is 2.05 bits per heavy atom. The summed E-state index contributed by atoms with van der Waals surface area (Å²) in [5, 5.41) is 2.30. The Labute approximate surface area is 128 Å². The normalized spacial score (nSPS) is 12.5.